The average molecular weight is 612 g/mol. The Kier molecular flexibility index (Phi) is 10.5. The monoisotopic (exact) mass is 609 g/mol. The lowest BCUT2D eigenvalue weighted by molar-refractivity contribution is -0.139. The molecule has 0 spiro atoms. The Hall–Kier alpha value is -1.80. The molecular weight excluding hydrogens is 590 g/mol. The van der Waals surface area contributed by atoms with Crippen molar-refractivity contribution < 1.29 is 22.8 Å². The molecule has 0 bridgehead atoms. The van der Waals surface area contributed by atoms with Crippen molar-refractivity contribution >= 4 is 68.5 Å². The van der Waals surface area contributed by atoms with E-state index in [1.165, 1.54) is 30.4 Å². The van der Waals surface area contributed by atoms with Crippen LogP contribution in [0.4, 0.5) is 13.2 Å². The zero-order valence-electron chi connectivity index (χ0n) is 18.9. The van der Waals surface area contributed by atoms with Crippen LogP contribution < -0.4 is 5.32 Å². The summed E-state index contributed by atoms with van der Waals surface area (Å²) < 4.78 is 41.6. The van der Waals surface area contributed by atoms with Gasteiger partial charge in [-0.25, -0.2) is 0 Å². The number of benzene rings is 2. The summed E-state index contributed by atoms with van der Waals surface area (Å²) in [7, 11) is 0. The van der Waals surface area contributed by atoms with E-state index in [0.29, 0.717) is 16.5 Å². The highest BCUT2D eigenvalue weighted by molar-refractivity contribution is 9.10. The van der Waals surface area contributed by atoms with Gasteiger partial charge < -0.3 is 5.32 Å². The molecule has 0 aliphatic carbocycles. The van der Waals surface area contributed by atoms with E-state index in [2.05, 4.69) is 21.2 Å². The molecule has 2 aromatic rings. The first kappa shape index (κ1) is 29.4. The van der Waals surface area contributed by atoms with Gasteiger partial charge in [-0.2, -0.15) is 13.2 Å². The molecule has 35 heavy (non-hydrogen) atoms. The summed E-state index contributed by atoms with van der Waals surface area (Å²) in [5.74, 6) is -2.93. The minimum absolute atomic E-state index is 0.0216. The Morgan fingerprint density at radius 3 is 2.20 bits per heavy atom. The molecule has 1 amide bonds. The average Bonchev–Trinajstić information content (AvgIpc) is 2.79. The van der Waals surface area contributed by atoms with Crippen molar-refractivity contribution in [2.45, 2.75) is 39.3 Å². The van der Waals surface area contributed by atoms with Crippen LogP contribution in [0.2, 0.25) is 15.1 Å². The number of alkyl halides is 3. The van der Waals surface area contributed by atoms with Crippen molar-refractivity contribution in [1.29, 1.82) is 0 Å². The molecule has 3 nitrogen and oxygen atoms in total. The predicted octanol–water partition coefficient (Wildman–Crippen LogP) is 9.02. The van der Waals surface area contributed by atoms with Crippen LogP contribution in [0, 0.1) is 5.92 Å². The lowest BCUT2D eigenvalue weighted by atomic mass is 9.97. The molecule has 2 atom stereocenters. The minimum Gasteiger partial charge on any atom is -0.319 e. The van der Waals surface area contributed by atoms with Gasteiger partial charge >= 0.3 is 6.18 Å². The molecule has 2 aromatic carbocycles. The van der Waals surface area contributed by atoms with Crippen LogP contribution in [0.15, 0.2) is 52.7 Å². The number of hydrogen-bond donors (Lipinski definition) is 1. The first-order chi connectivity index (χ1) is 16.3. The third kappa shape index (κ3) is 7.59. The molecule has 2 rings (SSSR count). The van der Waals surface area contributed by atoms with E-state index in [4.69, 9.17) is 34.8 Å². The van der Waals surface area contributed by atoms with E-state index in [9.17, 15) is 22.8 Å². The third-order valence-electron chi connectivity index (χ3n) is 5.30. The van der Waals surface area contributed by atoms with Crippen molar-refractivity contribution in [2.24, 2.45) is 5.92 Å². The fourth-order valence-electron chi connectivity index (χ4n) is 3.11. The number of nitrogens with one attached hydrogen (secondary N) is 1. The second-order valence-electron chi connectivity index (χ2n) is 7.75. The lowest BCUT2D eigenvalue weighted by Gasteiger charge is -2.18. The maximum absolute atomic E-state index is 13.8. The summed E-state index contributed by atoms with van der Waals surface area (Å²) in [6, 6.07) is 6.71. The third-order valence-corrected chi connectivity index (χ3v) is 7.15. The lowest BCUT2D eigenvalue weighted by Crippen LogP contribution is -2.30. The molecule has 188 valence electrons. The van der Waals surface area contributed by atoms with E-state index in [0.717, 1.165) is 18.2 Å². The number of rotatable bonds is 8. The largest absolute Gasteiger partial charge is 0.399 e. The van der Waals surface area contributed by atoms with E-state index >= 15 is 0 Å². The topological polar surface area (TPSA) is 46.2 Å². The summed E-state index contributed by atoms with van der Waals surface area (Å²) in [4.78, 5) is 25.1. The molecule has 10 heteroatoms. The van der Waals surface area contributed by atoms with Crippen LogP contribution in [-0.4, -0.2) is 17.9 Å². The summed E-state index contributed by atoms with van der Waals surface area (Å²) >= 11 is 21.0. The van der Waals surface area contributed by atoms with Crippen LogP contribution in [-0.2, 0) is 4.79 Å². The van der Waals surface area contributed by atoms with Crippen molar-refractivity contribution in [3.05, 3.63) is 84.4 Å². The van der Waals surface area contributed by atoms with Gasteiger partial charge in [0.05, 0.1) is 32.2 Å². The SMILES string of the molecule is CC=C(NC(=O)c1ccc(C=CC(c2cc(Cl)c(Cl)c(Cl)c2)C(F)(F)F)cc1Br)C(=O)C(C)CC. The summed E-state index contributed by atoms with van der Waals surface area (Å²) in [5.41, 5.74) is 0.666. The molecule has 0 aromatic heterocycles. The number of carbonyl (C=O) groups excluding carboxylic acids is 2. The highest BCUT2D eigenvalue weighted by Crippen LogP contribution is 2.41. The van der Waals surface area contributed by atoms with Gasteiger partial charge in [0.25, 0.3) is 5.91 Å². The predicted molar refractivity (Wildman–Crippen MR) is 139 cm³/mol. The van der Waals surface area contributed by atoms with E-state index < -0.39 is 18.0 Å². The van der Waals surface area contributed by atoms with E-state index in [-0.39, 0.29) is 43.6 Å². The number of halogens is 7. The first-order valence-corrected chi connectivity index (χ1v) is 12.4. The van der Waals surface area contributed by atoms with Gasteiger partial charge in [0.2, 0.25) is 0 Å². The van der Waals surface area contributed by atoms with Gasteiger partial charge in [-0.05, 0) is 64.7 Å². The van der Waals surface area contributed by atoms with Gasteiger partial charge in [-0.1, -0.05) is 72.9 Å². The molecule has 1 N–H and O–H groups in total. The Morgan fingerprint density at radius 1 is 1.11 bits per heavy atom. The van der Waals surface area contributed by atoms with E-state index in [1.54, 1.807) is 13.8 Å². The maximum Gasteiger partial charge on any atom is 0.399 e. The number of allylic oxidation sites excluding steroid dienone is 3. The van der Waals surface area contributed by atoms with Crippen LogP contribution in [0.25, 0.3) is 6.08 Å². The Morgan fingerprint density at radius 2 is 1.71 bits per heavy atom. The van der Waals surface area contributed by atoms with Crippen molar-refractivity contribution in [3.8, 4) is 0 Å². The van der Waals surface area contributed by atoms with Gasteiger partial charge in [0.1, 0.15) is 0 Å². The highest BCUT2D eigenvalue weighted by Gasteiger charge is 2.39. The Labute approximate surface area is 225 Å². The Balaban J connectivity index is 2.30. The van der Waals surface area contributed by atoms with Gasteiger partial charge in [0, 0.05) is 10.4 Å². The maximum atomic E-state index is 13.8. The molecule has 0 saturated heterocycles. The summed E-state index contributed by atoms with van der Waals surface area (Å²) in [6.45, 7) is 5.30. The quantitative estimate of drug-likeness (QED) is 0.239. The molecule has 0 radical (unpaired) electrons. The zero-order valence-corrected chi connectivity index (χ0v) is 22.8. The molecule has 2 unspecified atom stereocenters. The van der Waals surface area contributed by atoms with E-state index in [1.807, 2.05) is 6.92 Å². The van der Waals surface area contributed by atoms with Crippen molar-refractivity contribution in [3.63, 3.8) is 0 Å². The smallest absolute Gasteiger partial charge is 0.319 e. The number of amides is 1. The minimum atomic E-state index is -4.61. The van der Waals surface area contributed by atoms with Crippen LogP contribution in [0.3, 0.4) is 0 Å². The van der Waals surface area contributed by atoms with Gasteiger partial charge in [-0.3, -0.25) is 9.59 Å². The van der Waals surface area contributed by atoms with Gasteiger partial charge in [0.15, 0.2) is 5.78 Å². The zero-order chi connectivity index (χ0) is 26.5. The summed E-state index contributed by atoms with van der Waals surface area (Å²) in [6.07, 6.45) is -0.196. The van der Waals surface area contributed by atoms with Crippen molar-refractivity contribution in [2.75, 3.05) is 0 Å². The molecular formula is C25H22BrCl3F3NO2. The number of carbonyl (C=O) groups is 2. The number of ketones is 1. The highest BCUT2D eigenvalue weighted by atomic mass is 79.9. The molecule has 0 aliphatic rings. The molecule has 0 fully saturated rings. The second kappa shape index (κ2) is 12.4. The van der Waals surface area contributed by atoms with Crippen LogP contribution in [0.1, 0.15) is 54.6 Å². The standard InChI is InChI=1S/C25H22BrCl3F3NO2/c1-4-13(3)23(34)21(5-2)33-24(35)16-8-6-14(10-18(16)26)7-9-17(25(30,31)32)15-11-19(27)22(29)20(28)12-15/h5-13,17H,4H2,1-3H3,(H,33,35). The second-order valence-corrected chi connectivity index (χ2v) is 9.79. The van der Waals surface area contributed by atoms with Crippen LogP contribution >= 0.6 is 50.7 Å². The normalized spacial score (nSPS) is 14.2. The fraction of sp³-hybridized carbons (Fsp3) is 0.280. The molecule has 0 heterocycles. The molecule has 0 aliphatic heterocycles. The first-order valence-electron chi connectivity index (χ1n) is 10.5. The summed E-state index contributed by atoms with van der Waals surface area (Å²) in [5, 5.41) is 2.42. The number of Topliss-reactive ketones (excluding diaryl/α,β-unsaturated/α-hetero) is 1. The molecule has 0 saturated carbocycles. The van der Waals surface area contributed by atoms with Crippen LogP contribution in [0.5, 0.6) is 0 Å². The van der Waals surface area contributed by atoms with Gasteiger partial charge in [-0.15, -0.1) is 0 Å². The Bertz CT molecular complexity index is 1160. The van der Waals surface area contributed by atoms with Crippen molar-refractivity contribution in [1.82, 2.24) is 5.32 Å². The number of hydrogen-bond acceptors (Lipinski definition) is 2. The fourth-order valence-corrected chi connectivity index (χ4v) is 4.30.